The highest BCUT2D eigenvalue weighted by molar-refractivity contribution is 6.06. The lowest BCUT2D eigenvalue weighted by molar-refractivity contribution is -0.142. The quantitative estimate of drug-likeness (QED) is 0.578. The van der Waals surface area contributed by atoms with Gasteiger partial charge in [0, 0.05) is 29.1 Å². The lowest BCUT2D eigenvalue weighted by atomic mass is 9.79. The number of hydrogen-bond donors (Lipinski definition) is 2. The Morgan fingerprint density at radius 1 is 1.03 bits per heavy atom. The molecule has 1 atom stereocenters. The molecule has 8 nitrogen and oxygen atoms in total. The van der Waals surface area contributed by atoms with E-state index in [1.165, 1.54) is 4.90 Å². The summed E-state index contributed by atoms with van der Waals surface area (Å²) in [7, 11) is 0. The van der Waals surface area contributed by atoms with Crippen LogP contribution in [-0.4, -0.2) is 39.1 Å². The van der Waals surface area contributed by atoms with Crippen molar-refractivity contribution >= 4 is 29.2 Å². The number of anilines is 2. The maximum absolute atomic E-state index is 13.1. The summed E-state index contributed by atoms with van der Waals surface area (Å²) >= 11 is 0. The van der Waals surface area contributed by atoms with Crippen molar-refractivity contribution in [1.82, 2.24) is 14.9 Å². The molecule has 184 valence electrons. The molecule has 0 fully saturated rings. The minimum absolute atomic E-state index is 0.0381. The molecular weight excluding hydrogens is 454 g/mol. The van der Waals surface area contributed by atoms with Crippen LogP contribution < -0.4 is 10.6 Å². The Labute approximate surface area is 210 Å². The lowest BCUT2D eigenvalue weighted by Gasteiger charge is -2.29. The van der Waals surface area contributed by atoms with Crippen LogP contribution in [0.15, 0.2) is 60.9 Å². The van der Waals surface area contributed by atoms with E-state index in [4.69, 9.17) is 0 Å². The number of benzene rings is 1. The van der Waals surface area contributed by atoms with Gasteiger partial charge in [-0.3, -0.25) is 19.4 Å². The van der Waals surface area contributed by atoms with Gasteiger partial charge < -0.3 is 15.5 Å². The summed E-state index contributed by atoms with van der Waals surface area (Å²) < 4.78 is 0. The first-order valence-electron chi connectivity index (χ1n) is 12.0. The van der Waals surface area contributed by atoms with Gasteiger partial charge in [-0.05, 0) is 54.3 Å². The summed E-state index contributed by atoms with van der Waals surface area (Å²) in [6.07, 6.45) is 4.49. The van der Waals surface area contributed by atoms with Gasteiger partial charge in [0.1, 0.15) is 12.4 Å². The molecule has 1 unspecified atom stereocenters. The smallest absolute Gasteiger partial charge is 0.244 e. The number of pyridine rings is 2. The molecule has 1 aliphatic heterocycles. The van der Waals surface area contributed by atoms with Crippen LogP contribution in [0.4, 0.5) is 11.5 Å². The summed E-state index contributed by atoms with van der Waals surface area (Å²) in [4.78, 5) is 49.2. The molecule has 3 heterocycles. The Kier molecular flexibility index (Phi) is 5.82. The minimum Gasteiger partial charge on any atom is -0.327 e. The van der Waals surface area contributed by atoms with E-state index in [1.807, 2.05) is 69.3 Å². The lowest BCUT2D eigenvalue weighted by Crippen LogP contribution is -2.43. The van der Waals surface area contributed by atoms with Gasteiger partial charge in [-0.1, -0.05) is 39.0 Å². The first-order valence-corrected chi connectivity index (χ1v) is 12.0. The Morgan fingerprint density at radius 2 is 1.81 bits per heavy atom. The zero-order chi connectivity index (χ0) is 25.5. The predicted molar refractivity (Wildman–Crippen MR) is 136 cm³/mol. The number of hydrogen-bond acceptors (Lipinski definition) is 5. The molecule has 0 radical (unpaired) electrons. The predicted octanol–water partition coefficient (Wildman–Crippen LogP) is 3.48. The van der Waals surface area contributed by atoms with E-state index in [-0.39, 0.29) is 30.8 Å². The third-order valence-electron chi connectivity index (χ3n) is 6.81. The van der Waals surface area contributed by atoms with Gasteiger partial charge in [-0.15, -0.1) is 0 Å². The molecule has 36 heavy (non-hydrogen) atoms. The Morgan fingerprint density at radius 3 is 2.56 bits per heavy atom. The Hall–Kier alpha value is -4.07. The van der Waals surface area contributed by atoms with Gasteiger partial charge >= 0.3 is 0 Å². The fourth-order valence-corrected chi connectivity index (χ4v) is 5.08. The number of aromatic nitrogens is 2. The van der Waals surface area contributed by atoms with Crippen LogP contribution in [0.3, 0.4) is 0 Å². The molecule has 5 rings (SSSR count). The fourth-order valence-electron chi connectivity index (χ4n) is 5.08. The van der Waals surface area contributed by atoms with Crippen molar-refractivity contribution in [3.63, 3.8) is 0 Å². The molecule has 1 aromatic carbocycles. The monoisotopic (exact) mass is 483 g/mol. The van der Waals surface area contributed by atoms with Crippen LogP contribution in [0.25, 0.3) is 0 Å². The van der Waals surface area contributed by atoms with Crippen LogP contribution in [-0.2, 0) is 39.2 Å². The second-order valence-corrected chi connectivity index (χ2v) is 10.6. The van der Waals surface area contributed by atoms with Crippen molar-refractivity contribution in [3.05, 3.63) is 83.3 Å². The number of rotatable bonds is 5. The highest BCUT2D eigenvalue weighted by atomic mass is 16.2. The molecule has 1 spiro atoms. The normalized spacial score (nSPS) is 17.9. The molecular formula is C28H29N5O3. The van der Waals surface area contributed by atoms with E-state index in [0.717, 1.165) is 22.4 Å². The highest BCUT2D eigenvalue weighted by Gasteiger charge is 2.51. The SMILES string of the molecule is CC(C)(C)C(=O)N(CC(=O)Nc1ccc2c(c1)CC1(C2)C(=O)Nc2ncccc21)Cc1ccccn1. The van der Waals surface area contributed by atoms with E-state index in [0.29, 0.717) is 24.3 Å². The Balaban J connectivity index is 1.32. The highest BCUT2D eigenvalue weighted by Crippen LogP contribution is 2.46. The maximum atomic E-state index is 13.1. The first-order chi connectivity index (χ1) is 17.2. The van der Waals surface area contributed by atoms with Crippen molar-refractivity contribution in [1.29, 1.82) is 0 Å². The number of fused-ring (bicyclic) bond motifs is 3. The van der Waals surface area contributed by atoms with Crippen LogP contribution in [0.2, 0.25) is 0 Å². The molecule has 2 N–H and O–H groups in total. The number of nitrogens with one attached hydrogen (secondary N) is 2. The van der Waals surface area contributed by atoms with Crippen molar-refractivity contribution in [3.8, 4) is 0 Å². The summed E-state index contributed by atoms with van der Waals surface area (Å²) in [6.45, 7) is 5.67. The average Bonchev–Trinajstić information content (AvgIpc) is 3.35. The van der Waals surface area contributed by atoms with Crippen LogP contribution >= 0.6 is 0 Å². The summed E-state index contributed by atoms with van der Waals surface area (Å²) in [5.74, 6) is 0.173. The molecule has 8 heteroatoms. The third-order valence-corrected chi connectivity index (χ3v) is 6.81. The van der Waals surface area contributed by atoms with E-state index in [2.05, 4.69) is 20.6 Å². The molecule has 2 aliphatic rings. The fraction of sp³-hybridized carbons (Fsp3) is 0.321. The number of amides is 3. The standard InChI is InChI=1S/C28H29N5O3/c1-27(2,3)26(36)33(16-21-7-4-5-11-29-21)17-23(34)31-20-10-9-18-14-28(15-19(18)13-20)22-8-6-12-30-24(22)32-25(28)35/h4-13H,14-17H2,1-3H3,(H,31,34)(H,30,32,35). The summed E-state index contributed by atoms with van der Waals surface area (Å²) in [5, 5.41) is 5.85. The third kappa shape index (κ3) is 4.34. The van der Waals surface area contributed by atoms with Crippen molar-refractivity contribution in [2.75, 3.05) is 17.2 Å². The minimum atomic E-state index is -0.660. The van der Waals surface area contributed by atoms with Crippen molar-refractivity contribution in [2.45, 2.75) is 45.6 Å². The molecule has 0 saturated carbocycles. The molecule has 3 amide bonds. The number of carbonyl (C=O) groups is 3. The van der Waals surface area contributed by atoms with E-state index in [1.54, 1.807) is 12.4 Å². The van der Waals surface area contributed by atoms with Crippen LogP contribution in [0.5, 0.6) is 0 Å². The molecule has 1 aliphatic carbocycles. The van der Waals surface area contributed by atoms with Crippen LogP contribution in [0.1, 0.15) is 43.2 Å². The van der Waals surface area contributed by atoms with Gasteiger partial charge in [0.25, 0.3) is 0 Å². The number of carbonyl (C=O) groups excluding carboxylic acids is 3. The Bertz CT molecular complexity index is 1350. The topological polar surface area (TPSA) is 104 Å². The first kappa shape index (κ1) is 23.7. The molecule has 0 bridgehead atoms. The average molecular weight is 484 g/mol. The zero-order valence-corrected chi connectivity index (χ0v) is 20.7. The number of nitrogens with zero attached hydrogens (tertiary/aromatic N) is 3. The summed E-state index contributed by atoms with van der Waals surface area (Å²) in [6, 6.07) is 15.1. The van der Waals surface area contributed by atoms with E-state index in [9.17, 15) is 14.4 Å². The van der Waals surface area contributed by atoms with E-state index < -0.39 is 10.8 Å². The maximum Gasteiger partial charge on any atom is 0.244 e. The van der Waals surface area contributed by atoms with Gasteiger partial charge in [0.15, 0.2) is 0 Å². The zero-order valence-electron chi connectivity index (χ0n) is 20.7. The van der Waals surface area contributed by atoms with Gasteiger partial charge in [-0.25, -0.2) is 4.98 Å². The molecule has 0 saturated heterocycles. The molecule has 3 aromatic rings. The second-order valence-electron chi connectivity index (χ2n) is 10.6. The molecule has 2 aromatic heterocycles. The van der Waals surface area contributed by atoms with Crippen LogP contribution in [0, 0.1) is 5.41 Å². The second kappa shape index (κ2) is 8.86. The van der Waals surface area contributed by atoms with Gasteiger partial charge in [0.2, 0.25) is 17.7 Å². The van der Waals surface area contributed by atoms with Crippen molar-refractivity contribution < 1.29 is 14.4 Å². The van der Waals surface area contributed by atoms with Gasteiger partial charge in [0.05, 0.1) is 17.7 Å². The van der Waals surface area contributed by atoms with E-state index >= 15 is 0 Å². The van der Waals surface area contributed by atoms with Crippen molar-refractivity contribution in [2.24, 2.45) is 5.41 Å². The largest absolute Gasteiger partial charge is 0.327 e. The van der Waals surface area contributed by atoms with Gasteiger partial charge in [-0.2, -0.15) is 0 Å². The summed E-state index contributed by atoms with van der Waals surface area (Å²) in [5.41, 5.74) is 3.09.